The third-order valence-electron chi connectivity index (χ3n) is 2.38. The Hall–Kier alpha value is -0.670. The first-order valence-electron chi connectivity index (χ1n) is 5.49. The van der Waals surface area contributed by atoms with Gasteiger partial charge in [0.15, 0.2) is 0 Å². The number of benzene rings is 1. The summed E-state index contributed by atoms with van der Waals surface area (Å²) in [5.41, 5.74) is 7.05. The van der Waals surface area contributed by atoms with Gasteiger partial charge in [-0.25, -0.2) is 0 Å². The van der Waals surface area contributed by atoms with Gasteiger partial charge in [0, 0.05) is 10.4 Å². The molecule has 0 radical (unpaired) electrons. The zero-order valence-corrected chi connectivity index (χ0v) is 11.4. The molecular formula is C13H21NOS. The molecule has 0 saturated carbocycles. The molecular weight excluding hydrogens is 218 g/mol. The number of nitrogens with two attached hydrogens (primary N) is 1. The van der Waals surface area contributed by atoms with E-state index in [4.69, 9.17) is 10.5 Å². The van der Waals surface area contributed by atoms with E-state index >= 15 is 0 Å². The summed E-state index contributed by atoms with van der Waals surface area (Å²) in [5.74, 6) is 2.00. The Morgan fingerprint density at radius 2 is 2.06 bits per heavy atom. The molecule has 0 bridgehead atoms. The van der Waals surface area contributed by atoms with Crippen molar-refractivity contribution < 1.29 is 4.74 Å². The van der Waals surface area contributed by atoms with Crippen molar-refractivity contribution in [3.63, 3.8) is 0 Å². The number of hydrogen-bond acceptors (Lipinski definition) is 3. The van der Waals surface area contributed by atoms with E-state index < -0.39 is 0 Å². The van der Waals surface area contributed by atoms with E-state index in [0.717, 1.165) is 17.9 Å². The highest BCUT2D eigenvalue weighted by Crippen LogP contribution is 2.26. The fraction of sp³-hybridized carbons (Fsp3) is 0.538. The van der Waals surface area contributed by atoms with E-state index in [0.29, 0.717) is 0 Å². The molecule has 0 aliphatic rings. The molecule has 16 heavy (non-hydrogen) atoms. The van der Waals surface area contributed by atoms with Crippen LogP contribution in [0, 0.1) is 6.92 Å². The number of aryl methyl sites for hydroxylation is 1. The molecule has 0 unspecified atom stereocenters. The summed E-state index contributed by atoms with van der Waals surface area (Å²) in [6.45, 7) is 6.19. The Kier molecular flexibility index (Phi) is 4.69. The fourth-order valence-electron chi connectivity index (χ4n) is 1.37. The van der Waals surface area contributed by atoms with Crippen molar-refractivity contribution in [1.82, 2.24) is 0 Å². The van der Waals surface area contributed by atoms with Crippen molar-refractivity contribution in [2.24, 2.45) is 5.73 Å². The van der Waals surface area contributed by atoms with Crippen LogP contribution in [0.5, 0.6) is 5.75 Å². The minimum absolute atomic E-state index is 0.0749. The molecule has 0 spiro atoms. The van der Waals surface area contributed by atoms with Crippen molar-refractivity contribution in [3.8, 4) is 5.75 Å². The van der Waals surface area contributed by atoms with Gasteiger partial charge in [0.1, 0.15) is 5.75 Å². The van der Waals surface area contributed by atoms with Gasteiger partial charge in [-0.3, -0.25) is 0 Å². The third kappa shape index (κ3) is 4.45. The van der Waals surface area contributed by atoms with Crippen LogP contribution in [0.2, 0.25) is 0 Å². The molecule has 0 saturated heterocycles. The van der Waals surface area contributed by atoms with Gasteiger partial charge in [-0.15, -0.1) is 11.8 Å². The predicted octanol–water partition coefficient (Wildman–Crippen LogP) is 3.22. The zero-order valence-electron chi connectivity index (χ0n) is 10.5. The van der Waals surface area contributed by atoms with Gasteiger partial charge in [-0.1, -0.05) is 0 Å². The normalized spacial score (nSPS) is 11.6. The van der Waals surface area contributed by atoms with E-state index in [2.05, 4.69) is 32.9 Å². The smallest absolute Gasteiger partial charge is 0.121 e. The average molecular weight is 239 g/mol. The van der Waals surface area contributed by atoms with Crippen molar-refractivity contribution in [2.45, 2.75) is 37.6 Å². The third-order valence-corrected chi connectivity index (χ3v) is 3.38. The van der Waals surface area contributed by atoms with Crippen LogP contribution in [-0.4, -0.2) is 18.4 Å². The zero-order chi connectivity index (χ0) is 12.2. The Labute approximate surface area is 103 Å². The van der Waals surface area contributed by atoms with Crippen LogP contribution >= 0.6 is 11.8 Å². The Morgan fingerprint density at radius 1 is 1.38 bits per heavy atom. The van der Waals surface area contributed by atoms with E-state index in [1.54, 1.807) is 7.11 Å². The number of ether oxygens (including phenoxy) is 1. The SMILES string of the molecule is COc1ccc(SCCC(C)(C)N)cc1C. The Bertz CT molecular complexity index is 344. The van der Waals surface area contributed by atoms with E-state index in [9.17, 15) is 0 Å². The molecule has 3 heteroatoms. The number of hydrogen-bond donors (Lipinski definition) is 1. The van der Waals surface area contributed by atoms with Crippen LogP contribution in [0.3, 0.4) is 0 Å². The van der Waals surface area contributed by atoms with Crippen LogP contribution in [0.4, 0.5) is 0 Å². The average Bonchev–Trinajstić information content (AvgIpc) is 2.16. The maximum Gasteiger partial charge on any atom is 0.121 e. The van der Waals surface area contributed by atoms with Gasteiger partial charge in [-0.2, -0.15) is 0 Å². The number of rotatable bonds is 5. The topological polar surface area (TPSA) is 35.2 Å². The van der Waals surface area contributed by atoms with E-state index in [1.165, 1.54) is 10.5 Å². The molecule has 1 rings (SSSR count). The molecule has 0 fully saturated rings. The quantitative estimate of drug-likeness (QED) is 0.801. The van der Waals surface area contributed by atoms with Gasteiger partial charge in [0.05, 0.1) is 7.11 Å². The number of thioether (sulfide) groups is 1. The Morgan fingerprint density at radius 3 is 2.56 bits per heavy atom. The van der Waals surface area contributed by atoms with Crippen LogP contribution in [0.15, 0.2) is 23.1 Å². The lowest BCUT2D eigenvalue weighted by Gasteiger charge is -2.17. The van der Waals surface area contributed by atoms with Gasteiger partial charge in [-0.05, 0) is 56.7 Å². The van der Waals surface area contributed by atoms with Gasteiger partial charge >= 0.3 is 0 Å². The molecule has 1 aromatic rings. The maximum atomic E-state index is 5.94. The van der Waals surface area contributed by atoms with Crippen molar-refractivity contribution in [1.29, 1.82) is 0 Å². The van der Waals surface area contributed by atoms with Gasteiger partial charge in [0.25, 0.3) is 0 Å². The van der Waals surface area contributed by atoms with Crippen molar-refractivity contribution in [2.75, 3.05) is 12.9 Å². The summed E-state index contributed by atoms with van der Waals surface area (Å²) in [6.07, 6.45) is 1.02. The minimum Gasteiger partial charge on any atom is -0.496 e. The van der Waals surface area contributed by atoms with E-state index in [1.807, 2.05) is 17.8 Å². The van der Waals surface area contributed by atoms with Crippen molar-refractivity contribution >= 4 is 11.8 Å². The molecule has 1 aromatic carbocycles. The standard InChI is InChI=1S/C13H21NOS/c1-10-9-11(5-6-12(10)15-4)16-8-7-13(2,3)14/h5-6,9H,7-8,14H2,1-4H3. The molecule has 2 N–H and O–H groups in total. The Balaban J connectivity index is 2.52. The predicted molar refractivity (Wildman–Crippen MR) is 71.3 cm³/mol. The molecule has 0 amide bonds. The second-order valence-corrected chi connectivity index (χ2v) is 5.89. The molecule has 0 aliphatic heterocycles. The first-order chi connectivity index (χ1) is 7.42. The minimum atomic E-state index is -0.0749. The molecule has 0 heterocycles. The summed E-state index contributed by atoms with van der Waals surface area (Å²) >= 11 is 1.85. The number of methoxy groups -OCH3 is 1. The summed E-state index contributed by atoms with van der Waals surface area (Å²) in [4.78, 5) is 1.28. The van der Waals surface area contributed by atoms with Crippen LogP contribution in [0.25, 0.3) is 0 Å². The van der Waals surface area contributed by atoms with Crippen molar-refractivity contribution in [3.05, 3.63) is 23.8 Å². The first-order valence-corrected chi connectivity index (χ1v) is 6.47. The summed E-state index contributed by atoms with van der Waals surface area (Å²) in [5, 5.41) is 0. The molecule has 90 valence electrons. The van der Waals surface area contributed by atoms with Gasteiger partial charge < -0.3 is 10.5 Å². The van der Waals surface area contributed by atoms with Crippen LogP contribution in [0.1, 0.15) is 25.8 Å². The lowest BCUT2D eigenvalue weighted by atomic mass is 10.0. The lowest BCUT2D eigenvalue weighted by Crippen LogP contribution is -2.32. The molecule has 2 nitrogen and oxygen atoms in total. The van der Waals surface area contributed by atoms with Gasteiger partial charge in [0.2, 0.25) is 0 Å². The second kappa shape index (κ2) is 5.60. The highest BCUT2D eigenvalue weighted by molar-refractivity contribution is 7.99. The maximum absolute atomic E-state index is 5.94. The van der Waals surface area contributed by atoms with Crippen LogP contribution < -0.4 is 10.5 Å². The second-order valence-electron chi connectivity index (χ2n) is 4.72. The van der Waals surface area contributed by atoms with Crippen LogP contribution in [-0.2, 0) is 0 Å². The highest BCUT2D eigenvalue weighted by Gasteiger charge is 2.10. The lowest BCUT2D eigenvalue weighted by molar-refractivity contribution is 0.411. The molecule has 0 atom stereocenters. The highest BCUT2D eigenvalue weighted by atomic mass is 32.2. The largest absolute Gasteiger partial charge is 0.496 e. The molecule has 0 aliphatic carbocycles. The summed E-state index contributed by atoms with van der Waals surface area (Å²) in [7, 11) is 1.70. The summed E-state index contributed by atoms with van der Waals surface area (Å²) in [6, 6.07) is 6.28. The molecule has 0 aromatic heterocycles. The van der Waals surface area contributed by atoms with E-state index in [-0.39, 0.29) is 5.54 Å². The summed E-state index contributed by atoms with van der Waals surface area (Å²) < 4.78 is 5.23. The first kappa shape index (κ1) is 13.4. The fourth-order valence-corrected chi connectivity index (χ4v) is 2.66. The monoisotopic (exact) mass is 239 g/mol.